The van der Waals surface area contributed by atoms with Crippen LogP contribution in [0.25, 0.3) is 0 Å². The van der Waals surface area contributed by atoms with Crippen molar-refractivity contribution < 1.29 is 65.6 Å². The fourth-order valence-electron chi connectivity index (χ4n) is 1.38. The SMILES string of the molecule is O=C1CCCN1CCOC(=O)C(F)(F)S(=O)(=O)[O-].[Na+]. The normalized spacial score (nSPS) is 16.2. The number of ether oxygens (including phenoxy) is 1. The van der Waals surface area contributed by atoms with E-state index >= 15 is 0 Å². The molecule has 0 aromatic carbocycles. The number of nitrogens with zero attached hydrogens (tertiary/aromatic N) is 1. The van der Waals surface area contributed by atoms with Gasteiger partial charge >= 0.3 is 40.8 Å². The molecule has 1 saturated heterocycles. The molecular formula is C8H10F2NNaO6S. The standard InChI is InChI=1S/C8H11F2NO6S.Na/c9-8(10,18(14,15)16)7(13)17-5-4-11-3-1-2-6(11)12;/h1-5H2,(H,14,15,16);/q;+1/p-1. The van der Waals surface area contributed by atoms with Crippen LogP contribution in [0.1, 0.15) is 12.8 Å². The summed E-state index contributed by atoms with van der Waals surface area (Å²) in [5.41, 5.74) is 0. The van der Waals surface area contributed by atoms with Gasteiger partial charge in [0.1, 0.15) is 6.61 Å². The van der Waals surface area contributed by atoms with Gasteiger partial charge in [-0.15, -0.1) is 0 Å². The predicted molar refractivity (Wildman–Crippen MR) is 51.4 cm³/mol. The number of carbonyl (C=O) groups is 2. The molecule has 1 heterocycles. The molecule has 0 atom stereocenters. The average Bonchev–Trinajstić information content (AvgIpc) is 2.62. The fourth-order valence-corrected chi connectivity index (χ4v) is 1.64. The van der Waals surface area contributed by atoms with Gasteiger partial charge in [-0.3, -0.25) is 4.79 Å². The summed E-state index contributed by atoms with van der Waals surface area (Å²) in [7, 11) is -6.10. The zero-order valence-corrected chi connectivity index (χ0v) is 12.9. The summed E-state index contributed by atoms with van der Waals surface area (Å²) in [5.74, 6) is -2.63. The number of hydrogen-bond acceptors (Lipinski definition) is 6. The molecule has 1 aliphatic rings. The minimum atomic E-state index is -6.10. The van der Waals surface area contributed by atoms with Gasteiger partial charge in [-0.1, -0.05) is 0 Å². The van der Waals surface area contributed by atoms with Crippen LogP contribution in [0.2, 0.25) is 0 Å². The molecule has 1 fully saturated rings. The molecule has 0 bridgehead atoms. The second-order valence-electron chi connectivity index (χ2n) is 3.59. The Morgan fingerprint density at radius 2 is 2.05 bits per heavy atom. The molecule has 1 aliphatic heterocycles. The number of carbonyl (C=O) groups excluding carboxylic acids is 2. The predicted octanol–water partition coefficient (Wildman–Crippen LogP) is -3.71. The first-order valence-electron chi connectivity index (χ1n) is 4.94. The molecule has 7 nitrogen and oxygen atoms in total. The van der Waals surface area contributed by atoms with Crippen LogP contribution in [-0.4, -0.2) is 54.7 Å². The molecule has 1 rings (SSSR count). The molecule has 11 heteroatoms. The molecule has 0 N–H and O–H groups in total. The van der Waals surface area contributed by atoms with E-state index < -0.39 is 27.9 Å². The van der Waals surface area contributed by atoms with Crippen molar-refractivity contribution in [3.8, 4) is 0 Å². The minimum Gasteiger partial charge on any atom is -0.743 e. The van der Waals surface area contributed by atoms with Crippen molar-refractivity contribution in [2.24, 2.45) is 0 Å². The summed E-state index contributed by atoms with van der Waals surface area (Å²) in [5, 5.41) is -5.11. The molecule has 0 aromatic heterocycles. The Morgan fingerprint density at radius 1 is 1.47 bits per heavy atom. The Kier molecular flexibility index (Phi) is 6.83. The van der Waals surface area contributed by atoms with Gasteiger partial charge in [0.15, 0.2) is 10.1 Å². The van der Waals surface area contributed by atoms with Crippen molar-refractivity contribution in [1.82, 2.24) is 4.90 Å². The van der Waals surface area contributed by atoms with E-state index in [0.717, 1.165) is 0 Å². The summed E-state index contributed by atoms with van der Waals surface area (Å²) in [6.45, 7) is -0.276. The second-order valence-corrected chi connectivity index (χ2v) is 5.01. The summed E-state index contributed by atoms with van der Waals surface area (Å²) in [6.07, 6.45) is 0.955. The molecule has 1 amide bonds. The first-order chi connectivity index (χ1) is 8.16. The van der Waals surface area contributed by atoms with Crippen LogP contribution < -0.4 is 29.6 Å². The molecule has 104 valence electrons. The minimum absolute atomic E-state index is 0. The number of alkyl halides is 2. The van der Waals surface area contributed by atoms with Crippen LogP contribution in [0, 0.1) is 0 Å². The summed E-state index contributed by atoms with van der Waals surface area (Å²) in [6, 6.07) is 0. The van der Waals surface area contributed by atoms with Crippen LogP contribution in [0.5, 0.6) is 0 Å². The Balaban J connectivity index is 0.00000324. The van der Waals surface area contributed by atoms with Crippen molar-refractivity contribution in [2.45, 2.75) is 18.1 Å². The van der Waals surface area contributed by atoms with Crippen molar-refractivity contribution in [1.29, 1.82) is 0 Å². The Labute approximate surface area is 130 Å². The number of esters is 1. The van der Waals surface area contributed by atoms with Gasteiger partial charge in [0.25, 0.3) is 0 Å². The monoisotopic (exact) mass is 309 g/mol. The van der Waals surface area contributed by atoms with Crippen LogP contribution in [-0.2, 0) is 24.4 Å². The maximum Gasteiger partial charge on any atom is 1.00 e. The van der Waals surface area contributed by atoms with E-state index in [2.05, 4.69) is 4.74 Å². The van der Waals surface area contributed by atoms with Gasteiger partial charge in [0.05, 0.1) is 6.54 Å². The maximum absolute atomic E-state index is 12.6. The maximum atomic E-state index is 12.6. The Bertz CT molecular complexity index is 454. The molecule has 0 aliphatic carbocycles. The van der Waals surface area contributed by atoms with Crippen LogP contribution in [0.15, 0.2) is 0 Å². The van der Waals surface area contributed by atoms with E-state index in [4.69, 9.17) is 0 Å². The van der Waals surface area contributed by atoms with E-state index in [0.29, 0.717) is 19.4 Å². The van der Waals surface area contributed by atoms with Crippen LogP contribution in [0.4, 0.5) is 8.78 Å². The average molecular weight is 309 g/mol. The Morgan fingerprint density at radius 3 is 2.47 bits per heavy atom. The van der Waals surface area contributed by atoms with Crippen LogP contribution in [0.3, 0.4) is 0 Å². The summed E-state index contributed by atoms with van der Waals surface area (Å²) in [4.78, 5) is 23.1. The number of hydrogen-bond donors (Lipinski definition) is 0. The quantitative estimate of drug-likeness (QED) is 0.294. The first-order valence-corrected chi connectivity index (χ1v) is 6.35. The van der Waals surface area contributed by atoms with E-state index in [1.807, 2.05) is 0 Å². The van der Waals surface area contributed by atoms with Crippen LogP contribution >= 0.6 is 0 Å². The van der Waals surface area contributed by atoms with Gasteiger partial charge in [-0.25, -0.2) is 13.2 Å². The third-order valence-corrected chi connectivity index (χ3v) is 3.11. The van der Waals surface area contributed by atoms with Gasteiger partial charge < -0.3 is 14.2 Å². The molecule has 19 heavy (non-hydrogen) atoms. The zero-order chi connectivity index (χ0) is 14.0. The van der Waals surface area contributed by atoms with Gasteiger partial charge in [0, 0.05) is 13.0 Å². The fraction of sp³-hybridized carbons (Fsp3) is 0.750. The van der Waals surface area contributed by atoms with E-state index in [9.17, 15) is 31.3 Å². The molecule has 0 spiro atoms. The molecule has 0 aromatic rings. The summed E-state index contributed by atoms with van der Waals surface area (Å²) >= 11 is 0. The topological polar surface area (TPSA) is 104 Å². The number of likely N-dealkylation sites (tertiary alicyclic amines) is 1. The number of halogens is 2. The molecule has 0 unspecified atom stereocenters. The third-order valence-electron chi connectivity index (χ3n) is 2.32. The number of amides is 1. The summed E-state index contributed by atoms with van der Waals surface area (Å²) < 4.78 is 59.6. The van der Waals surface area contributed by atoms with E-state index in [-0.39, 0.29) is 42.0 Å². The van der Waals surface area contributed by atoms with Gasteiger partial charge in [-0.05, 0) is 6.42 Å². The smallest absolute Gasteiger partial charge is 0.743 e. The molecule has 0 saturated carbocycles. The van der Waals surface area contributed by atoms with Gasteiger partial charge in [-0.2, -0.15) is 8.78 Å². The van der Waals surface area contributed by atoms with E-state index in [1.165, 1.54) is 4.90 Å². The van der Waals surface area contributed by atoms with E-state index in [1.54, 1.807) is 0 Å². The largest absolute Gasteiger partial charge is 1.00 e. The zero-order valence-electron chi connectivity index (χ0n) is 10.1. The van der Waals surface area contributed by atoms with Crippen molar-refractivity contribution in [3.63, 3.8) is 0 Å². The Hall–Kier alpha value is -0.290. The van der Waals surface area contributed by atoms with Crippen molar-refractivity contribution in [2.75, 3.05) is 19.7 Å². The van der Waals surface area contributed by atoms with Gasteiger partial charge in [0.2, 0.25) is 5.91 Å². The number of rotatable bonds is 5. The first kappa shape index (κ1) is 18.7. The molecular weight excluding hydrogens is 299 g/mol. The van der Waals surface area contributed by atoms with Crippen molar-refractivity contribution >= 4 is 22.0 Å². The third kappa shape index (κ3) is 4.63. The van der Waals surface area contributed by atoms with Crippen molar-refractivity contribution in [3.05, 3.63) is 0 Å². The second kappa shape index (κ2) is 6.93. The molecule has 0 radical (unpaired) electrons.